The zero-order valence-electron chi connectivity index (χ0n) is 11.6. The number of benzene rings is 1. The molecule has 1 saturated heterocycles. The van der Waals surface area contributed by atoms with Gasteiger partial charge in [-0.05, 0) is 31.6 Å². The molecule has 110 valence electrons. The number of nitrogens with one attached hydrogen (secondary N) is 2. The van der Waals surface area contributed by atoms with Crippen LogP contribution in [0, 0.1) is 5.82 Å². The third-order valence-corrected chi connectivity index (χ3v) is 3.24. The van der Waals surface area contributed by atoms with Gasteiger partial charge in [0, 0.05) is 24.8 Å². The average Bonchev–Trinajstić information content (AvgIpc) is 2.67. The van der Waals surface area contributed by atoms with Gasteiger partial charge in [0.05, 0.1) is 13.7 Å². The molecule has 1 amide bonds. The Kier molecular flexibility index (Phi) is 5.31. The van der Waals surface area contributed by atoms with Crippen LogP contribution in [-0.2, 0) is 4.79 Å². The van der Waals surface area contributed by atoms with Gasteiger partial charge in [-0.25, -0.2) is 4.39 Å². The van der Waals surface area contributed by atoms with Gasteiger partial charge < -0.3 is 15.4 Å². The molecular formula is C14H20FN3O2. The fourth-order valence-corrected chi connectivity index (χ4v) is 2.21. The lowest BCUT2D eigenvalue weighted by molar-refractivity contribution is -0.117. The molecule has 0 spiro atoms. The van der Waals surface area contributed by atoms with Gasteiger partial charge in [-0.15, -0.1) is 0 Å². The first-order chi connectivity index (χ1) is 9.69. The Morgan fingerprint density at radius 1 is 1.45 bits per heavy atom. The van der Waals surface area contributed by atoms with E-state index in [4.69, 9.17) is 4.74 Å². The smallest absolute Gasteiger partial charge is 0.238 e. The monoisotopic (exact) mass is 281 g/mol. The number of anilines is 1. The van der Waals surface area contributed by atoms with E-state index in [1.54, 1.807) is 6.07 Å². The van der Waals surface area contributed by atoms with E-state index in [0.29, 0.717) is 12.2 Å². The van der Waals surface area contributed by atoms with Gasteiger partial charge in [0.2, 0.25) is 5.91 Å². The van der Waals surface area contributed by atoms with E-state index in [1.807, 2.05) is 0 Å². The molecule has 0 bridgehead atoms. The number of carbonyl (C=O) groups excluding carboxylic acids is 1. The summed E-state index contributed by atoms with van der Waals surface area (Å²) >= 11 is 0. The standard InChI is InChI=1S/C14H20FN3O2/c1-20-13-4-3-11(9-12(13)15)17-14(19)10-18-7-2-5-16-6-8-18/h3-4,9,16H,2,5-8,10H2,1H3,(H,17,19). The number of ether oxygens (including phenoxy) is 1. The fourth-order valence-electron chi connectivity index (χ4n) is 2.21. The zero-order chi connectivity index (χ0) is 14.4. The van der Waals surface area contributed by atoms with Gasteiger partial charge in [0.25, 0.3) is 0 Å². The van der Waals surface area contributed by atoms with Crippen molar-refractivity contribution in [1.29, 1.82) is 0 Å². The highest BCUT2D eigenvalue weighted by Gasteiger charge is 2.13. The fraction of sp³-hybridized carbons (Fsp3) is 0.500. The molecule has 0 saturated carbocycles. The molecule has 2 rings (SSSR count). The largest absolute Gasteiger partial charge is 0.494 e. The van der Waals surface area contributed by atoms with Crippen molar-refractivity contribution in [1.82, 2.24) is 10.2 Å². The third kappa shape index (κ3) is 4.18. The summed E-state index contributed by atoms with van der Waals surface area (Å²) in [5.41, 5.74) is 0.446. The van der Waals surface area contributed by atoms with Crippen LogP contribution < -0.4 is 15.4 Å². The Balaban J connectivity index is 1.88. The number of hydrogen-bond acceptors (Lipinski definition) is 4. The normalized spacial score (nSPS) is 16.5. The van der Waals surface area contributed by atoms with Crippen molar-refractivity contribution in [2.24, 2.45) is 0 Å². The molecule has 0 aromatic heterocycles. The molecule has 1 aliphatic heterocycles. The second-order valence-electron chi connectivity index (χ2n) is 4.78. The Labute approximate surface area is 118 Å². The lowest BCUT2D eigenvalue weighted by Gasteiger charge is -2.18. The van der Waals surface area contributed by atoms with Crippen LogP contribution in [0.4, 0.5) is 10.1 Å². The van der Waals surface area contributed by atoms with Gasteiger partial charge in [0.1, 0.15) is 0 Å². The maximum atomic E-state index is 13.5. The van der Waals surface area contributed by atoms with Crippen molar-refractivity contribution in [2.75, 3.05) is 45.2 Å². The first-order valence-corrected chi connectivity index (χ1v) is 6.75. The lowest BCUT2D eigenvalue weighted by Crippen LogP contribution is -2.35. The minimum absolute atomic E-state index is 0.128. The van der Waals surface area contributed by atoms with Gasteiger partial charge in [0.15, 0.2) is 11.6 Å². The SMILES string of the molecule is COc1ccc(NC(=O)CN2CCCNCC2)cc1F. The zero-order valence-corrected chi connectivity index (χ0v) is 11.6. The number of nitrogens with zero attached hydrogens (tertiary/aromatic N) is 1. The predicted molar refractivity (Wildman–Crippen MR) is 75.5 cm³/mol. The molecule has 1 fully saturated rings. The van der Waals surface area contributed by atoms with E-state index in [-0.39, 0.29) is 11.7 Å². The molecule has 0 unspecified atom stereocenters. The number of amides is 1. The molecule has 6 heteroatoms. The summed E-state index contributed by atoms with van der Waals surface area (Å²) in [5.74, 6) is -0.442. The minimum Gasteiger partial charge on any atom is -0.494 e. The first kappa shape index (κ1) is 14.7. The van der Waals surface area contributed by atoms with Gasteiger partial charge >= 0.3 is 0 Å². The van der Waals surface area contributed by atoms with Crippen molar-refractivity contribution in [2.45, 2.75) is 6.42 Å². The van der Waals surface area contributed by atoms with Crippen LogP contribution in [0.5, 0.6) is 5.75 Å². The van der Waals surface area contributed by atoms with Crippen LogP contribution in [0.1, 0.15) is 6.42 Å². The van der Waals surface area contributed by atoms with Crippen LogP contribution >= 0.6 is 0 Å². The quantitative estimate of drug-likeness (QED) is 0.867. The van der Waals surface area contributed by atoms with E-state index >= 15 is 0 Å². The Bertz CT molecular complexity index is 460. The summed E-state index contributed by atoms with van der Waals surface area (Å²) in [6.07, 6.45) is 1.03. The second kappa shape index (κ2) is 7.21. The molecule has 1 aliphatic rings. The van der Waals surface area contributed by atoms with Crippen LogP contribution in [0.15, 0.2) is 18.2 Å². The topological polar surface area (TPSA) is 53.6 Å². The highest BCUT2D eigenvalue weighted by Crippen LogP contribution is 2.20. The minimum atomic E-state index is -0.482. The van der Waals surface area contributed by atoms with Crippen molar-refractivity contribution in [3.63, 3.8) is 0 Å². The molecule has 1 heterocycles. The number of rotatable bonds is 4. The summed E-state index contributed by atoms with van der Waals surface area (Å²) in [4.78, 5) is 14.0. The molecule has 1 aromatic rings. The van der Waals surface area contributed by atoms with Crippen molar-refractivity contribution in [3.8, 4) is 5.75 Å². The van der Waals surface area contributed by atoms with E-state index in [9.17, 15) is 9.18 Å². The number of carbonyl (C=O) groups is 1. The summed E-state index contributed by atoms with van der Waals surface area (Å²) in [7, 11) is 1.41. The molecule has 0 atom stereocenters. The van der Waals surface area contributed by atoms with Gasteiger partial charge in [-0.1, -0.05) is 0 Å². The summed E-state index contributed by atoms with van der Waals surface area (Å²) in [6, 6.07) is 4.39. The molecule has 0 aliphatic carbocycles. The average molecular weight is 281 g/mol. The Morgan fingerprint density at radius 3 is 3.05 bits per heavy atom. The van der Waals surface area contributed by atoms with Crippen LogP contribution in [0.2, 0.25) is 0 Å². The third-order valence-electron chi connectivity index (χ3n) is 3.24. The van der Waals surface area contributed by atoms with Crippen LogP contribution in [0.3, 0.4) is 0 Å². The second-order valence-corrected chi connectivity index (χ2v) is 4.78. The highest BCUT2D eigenvalue weighted by atomic mass is 19.1. The molecule has 0 radical (unpaired) electrons. The first-order valence-electron chi connectivity index (χ1n) is 6.75. The van der Waals surface area contributed by atoms with E-state index in [2.05, 4.69) is 15.5 Å². The summed E-state index contributed by atoms with van der Waals surface area (Å²) in [5, 5.41) is 5.99. The van der Waals surface area contributed by atoms with Gasteiger partial charge in [-0.3, -0.25) is 9.69 Å². The summed E-state index contributed by atoms with van der Waals surface area (Å²) < 4.78 is 18.4. The maximum absolute atomic E-state index is 13.5. The van der Waals surface area contributed by atoms with Crippen LogP contribution in [0.25, 0.3) is 0 Å². The van der Waals surface area contributed by atoms with E-state index < -0.39 is 5.82 Å². The molecular weight excluding hydrogens is 261 g/mol. The number of hydrogen-bond donors (Lipinski definition) is 2. The van der Waals surface area contributed by atoms with Crippen molar-refractivity contribution >= 4 is 11.6 Å². The lowest BCUT2D eigenvalue weighted by atomic mass is 10.3. The van der Waals surface area contributed by atoms with Crippen molar-refractivity contribution < 1.29 is 13.9 Å². The Hall–Kier alpha value is -1.66. The molecule has 20 heavy (non-hydrogen) atoms. The molecule has 2 N–H and O–H groups in total. The van der Waals surface area contributed by atoms with Crippen LogP contribution in [-0.4, -0.2) is 50.6 Å². The van der Waals surface area contributed by atoms with E-state index in [0.717, 1.165) is 32.6 Å². The van der Waals surface area contributed by atoms with Gasteiger partial charge in [-0.2, -0.15) is 0 Å². The summed E-state index contributed by atoms with van der Waals surface area (Å²) in [6.45, 7) is 3.96. The maximum Gasteiger partial charge on any atom is 0.238 e. The van der Waals surface area contributed by atoms with Crippen molar-refractivity contribution in [3.05, 3.63) is 24.0 Å². The Morgan fingerprint density at radius 2 is 2.30 bits per heavy atom. The number of halogens is 1. The molecule has 5 nitrogen and oxygen atoms in total. The number of methoxy groups -OCH3 is 1. The molecule has 1 aromatic carbocycles. The highest BCUT2D eigenvalue weighted by molar-refractivity contribution is 5.92. The predicted octanol–water partition coefficient (Wildman–Crippen LogP) is 1.07. The van der Waals surface area contributed by atoms with E-state index in [1.165, 1.54) is 19.2 Å².